The zero-order valence-corrected chi connectivity index (χ0v) is 12.7. The van der Waals surface area contributed by atoms with E-state index in [-0.39, 0.29) is 16.2 Å². The maximum atomic E-state index is 13.2. The number of hydrogen-bond donors (Lipinski definition) is 0. The summed E-state index contributed by atoms with van der Waals surface area (Å²) in [5.41, 5.74) is 1.56. The van der Waals surface area contributed by atoms with Gasteiger partial charge in [-0.05, 0) is 30.0 Å². The van der Waals surface area contributed by atoms with Gasteiger partial charge in [-0.1, -0.05) is 25.4 Å². The van der Waals surface area contributed by atoms with Crippen molar-refractivity contribution in [2.75, 3.05) is 0 Å². The number of thiazole rings is 1. The molecule has 0 atom stereocenters. The average molecular weight is 310 g/mol. The molecule has 1 heterocycles. The summed E-state index contributed by atoms with van der Waals surface area (Å²) in [6.07, 6.45) is 1.34. The molecule has 0 saturated heterocycles. The monoisotopic (exact) mass is 309 g/mol. The van der Waals surface area contributed by atoms with Gasteiger partial charge < -0.3 is 0 Å². The van der Waals surface area contributed by atoms with Crippen molar-refractivity contribution in [1.29, 1.82) is 0 Å². The number of fused-ring (bicyclic) bond motifs is 1. The summed E-state index contributed by atoms with van der Waals surface area (Å²) in [7, 11) is 0. The quantitative estimate of drug-likeness (QED) is 0.760. The summed E-state index contributed by atoms with van der Waals surface area (Å²) in [6.45, 7) is 4.14. The van der Waals surface area contributed by atoms with Crippen LogP contribution in [0.2, 0.25) is 5.02 Å². The van der Waals surface area contributed by atoms with Crippen molar-refractivity contribution in [2.45, 2.75) is 26.7 Å². The first kappa shape index (κ1) is 13.7. The lowest BCUT2D eigenvalue weighted by Crippen LogP contribution is -2.25. The average Bonchev–Trinajstić information content (AvgIpc) is 2.75. The Bertz CT molecular complexity index is 708. The molecule has 1 aliphatic carbocycles. The molecule has 0 N–H and O–H groups in total. The van der Waals surface area contributed by atoms with Gasteiger partial charge in [0.05, 0.1) is 15.6 Å². The largest absolute Gasteiger partial charge is 0.293 e. The van der Waals surface area contributed by atoms with Crippen LogP contribution in [0.25, 0.3) is 10.6 Å². The van der Waals surface area contributed by atoms with Gasteiger partial charge in [-0.25, -0.2) is 9.37 Å². The first-order chi connectivity index (χ1) is 9.35. The zero-order valence-electron chi connectivity index (χ0n) is 11.2. The van der Waals surface area contributed by atoms with Gasteiger partial charge in [0, 0.05) is 12.0 Å². The van der Waals surface area contributed by atoms with Crippen LogP contribution in [0.3, 0.4) is 0 Å². The summed E-state index contributed by atoms with van der Waals surface area (Å²) in [5.74, 6) is -0.304. The highest BCUT2D eigenvalue weighted by atomic mass is 35.5. The van der Waals surface area contributed by atoms with Crippen LogP contribution in [0.5, 0.6) is 0 Å². The second-order valence-electron chi connectivity index (χ2n) is 5.86. The lowest BCUT2D eigenvalue weighted by molar-refractivity contribution is 0.0916. The normalized spacial score (nSPS) is 17.1. The fourth-order valence-electron chi connectivity index (χ4n) is 2.47. The van der Waals surface area contributed by atoms with E-state index in [2.05, 4.69) is 18.8 Å². The van der Waals surface area contributed by atoms with Crippen LogP contribution in [0.4, 0.5) is 4.39 Å². The van der Waals surface area contributed by atoms with Crippen molar-refractivity contribution in [2.24, 2.45) is 5.41 Å². The van der Waals surface area contributed by atoms with E-state index in [1.165, 1.54) is 17.4 Å². The fraction of sp³-hybridized carbons (Fsp3) is 0.333. The Morgan fingerprint density at radius 3 is 2.80 bits per heavy atom. The van der Waals surface area contributed by atoms with Gasteiger partial charge in [0.25, 0.3) is 0 Å². The van der Waals surface area contributed by atoms with E-state index in [0.717, 1.165) is 27.6 Å². The highest BCUT2D eigenvalue weighted by molar-refractivity contribution is 7.17. The Hall–Kier alpha value is -1.26. The lowest BCUT2D eigenvalue weighted by Gasteiger charge is -2.26. The van der Waals surface area contributed by atoms with E-state index in [4.69, 9.17) is 11.6 Å². The lowest BCUT2D eigenvalue weighted by atomic mass is 9.78. The van der Waals surface area contributed by atoms with E-state index in [1.54, 1.807) is 12.1 Å². The summed E-state index contributed by atoms with van der Waals surface area (Å²) in [5, 5.41) is 0.797. The Balaban J connectivity index is 2.05. The SMILES string of the molecule is CC1(C)CC(=O)c2sc(-c3ccc(F)c(Cl)c3)nc2C1. The van der Waals surface area contributed by atoms with E-state index in [0.29, 0.717) is 6.42 Å². The molecule has 2 aromatic rings. The third kappa shape index (κ3) is 2.38. The molecule has 5 heteroatoms. The van der Waals surface area contributed by atoms with E-state index < -0.39 is 5.82 Å². The van der Waals surface area contributed by atoms with Crippen LogP contribution in [-0.2, 0) is 6.42 Å². The number of halogens is 2. The minimum atomic E-state index is -0.450. The summed E-state index contributed by atoms with van der Waals surface area (Å²) in [4.78, 5) is 17.4. The van der Waals surface area contributed by atoms with E-state index >= 15 is 0 Å². The molecule has 0 spiro atoms. The van der Waals surface area contributed by atoms with Gasteiger partial charge >= 0.3 is 0 Å². The number of nitrogens with zero attached hydrogens (tertiary/aromatic N) is 1. The standard InChI is InChI=1S/C15H13ClFNOS/c1-15(2)6-11-13(12(19)7-15)20-14(18-11)8-3-4-10(17)9(16)5-8/h3-5H,6-7H2,1-2H3. The second-order valence-corrected chi connectivity index (χ2v) is 7.27. The maximum Gasteiger partial charge on any atom is 0.175 e. The predicted octanol–water partition coefficient (Wildman–Crippen LogP) is 4.76. The van der Waals surface area contributed by atoms with Crippen molar-refractivity contribution in [1.82, 2.24) is 4.98 Å². The summed E-state index contributed by atoms with van der Waals surface area (Å²) >= 11 is 7.17. The highest BCUT2D eigenvalue weighted by Gasteiger charge is 2.33. The van der Waals surface area contributed by atoms with Gasteiger partial charge in [-0.2, -0.15) is 0 Å². The van der Waals surface area contributed by atoms with Gasteiger partial charge in [0.15, 0.2) is 5.78 Å². The fourth-order valence-corrected chi connectivity index (χ4v) is 3.67. The molecule has 0 radical (unpaired) electrons. The number of hydrogen-bond acceptors (Lipinski definition) is 3. The predicted molar refractivity (Wildman–Crippen MR) is 79.0 cm³/mol. The molecule has 0 saturated carbocycles. The Kier molecular flexibility index (Phi) is 3.18. The molecule has 0 fully saturated rings. The smallest absolute Gasteiger partial charge is 0.175 e. The van der Waals surface area contributed by atoms with E-state index in [1.807, 2.05) is 0 Å². The van der Waals surface area contributed by atoms with Crippen molar-refractivity contribution >= 4 is 28.7 Å². The van der Waals surface area contributed by atoms with Crippen LogP contribution in [0, 0.1) is 11.2 Å². The number of benzene rings is 1. The first-order valence-electron chi connectivity index (χ1n) is 6.34. The molecule has 2 nitrogen and oxygen atoms in total. The Morgan fingerprint density at radius 1 is 1.35 bits per heavy atom. The molecular formula is C15H13ClFNOS. The second kappa shape index (κ2) is 4.64. The topological polar surface area (TPSA) is 30.0 Å². The molecule has 20 heavy (non-hydrogen) atoms. The molecule has 0 amide bonds. The number of ketones is 1. The van der Waals surface area contributed by atoms with Crippen LogP contribution in [0.1, 0.15) is 35.6 Å². The van der Waals surface area contributed by atoms with Crippen molar-refractivity contribution in [3.05, 3.63) is 39.6 Å². The summed E-state index contributed by atoms with van der Waals surface area (Å²) < 4.78 is 13.2. The van der Waals surface area contributed by atoms with Crippen LogP contribution < -0.4 is 0 Å². The van der Waals surface area contributed by atoms with Gasteiger partial charge in [-0.3, -0.25) is 4.79 Å². The maximum absolute atomic E-state index is 13.2. The van der Waals surface area contributed by atoms with Crippen LogP contribution in [0.15, 0.2) is 18.2 Å². The van der Waals surface area contributed by atoms with Crippen molar-refractivity contribution in [3.63, 3.8) is 0 Å². The summed E-state index contributed by atoms with van der Waals surface area (Å²) in [6, 6.07) is 4.52. The third-order valence-corrected chi connectivity index (χ3v) is 4.88. The molecule has 104 valence electrons. The molecule has 1 aliphatic rings. The molecule has 0 unspecified atom stereocenters. The number of aromatic nitrogens is 1. The minimum Gasteiger partial charge on any atom is -0.293 e. The van der Waals surface area contributed by atoms with Crippen molar-refractivity contribution in [3.8, 4) is 10.6 Å². The van der Waals surface area contributed by atoms with Gasteiger partial charge in [0.2, 0.25) is 0 Å². The number of carbonyl (C=O) groups is 1. The Morgan fingerprint density at radius 2 is 2.10 bits per heavy atom. The number of carbonyl (C=O) groups excluding carboxylic acids is 1. The first-order valence-corrected chi connectivity index (χ1v) is 7.53. The third-order valence-electron chi connectivity index (χ3n) is 3.40. The molecule has 0 bridgehead atoms. The molecule has 1 aromatic carbocycles. The molecule has 0 aliphatic heterocycles. The molecule has 3 rings (SSSR count). The highest BCUT2D eigenvalue weighted by Crippen LogP contribution is 2.39. The zero-order chi connectivity index (χ0) is 14.5. The molecule has 1 aromatic heterocycles. The van der Waals surface area contributed by atoms with Crippen LogP contribution >= 0.6 is 22.9 Å². The molecular weight excluding hydrogens is 297 g/mol. The number of rotatable bonds is 1. The van der Waals surface area contributed by atoms with Gasteiger partial charge in [0.1, 0.15) is 10.8 Å². The van der Waals surface area contributed by atoms with E-state index in [9.17, 15) is 9.18 Å². The van der Waals surface area contributed by atoms with Gasteiger partial charge in [-0.15, -0.1) is 11.3 Å². The van der Waals surface area contributed by atoms with Crippen molar-refractivity contribution < 1.29 is 9.18 Å². The Labute approximate surface area is 125 Å². The van der Waals surface area contributed by atoms with Crippen LogP contribution in [-0.4, -0.2) is 10.8 Å². The number of Topliss-reactive ketones (excluding diaryl/α,β-unsaturated/α-hetero) is 1. The minimum absolute atomic E-state index is 0.0458.